The van der Waals surface area contributed by atoms with Crippen molar-refractivity contribution in [3.05, 3.63) is 75.5 Å². The summed E-state index contributed by atoms with van der Waals surface area (Å²) in [5.74, 6) is -0.360. The summed E-state index contributed by atoms with van der Waals surface area (Å²) in [4.78, 5) is 17.4. The Morgan fingerprint density at radius 1 is 1.08 bits per heavy atom. The lowest BCUT2D eigenvalue weighted by atomic mass is 9.87. The molecule has 0 aliphatic carbocycles. The molecule has 2 aromatic carbocycles. The van der Waals surface area contributed by atoms with Crippen LogP contribution in [0.25, 0.3) is 21.3 Å². The Morgan fingerprint density at radius 2 is 1.77 bits per heavy atom. The molecule has 2 aromatic heterocycles. The number of halogens is 4. The van der Waals surface area contributed by atoms with Gasteiger partial charge in [0.25, 0.3) is 5.91 Å². The molecule has 0 radical (unpaired) electrons. The van der Waals surface area contributed by atoms with Crippen molar-refractivity contribution in [2.24, 2.45) is 0 Å². The lowest BCUT2D eigenvalue weighted by molar-refractivity contribution is -0.137. The van der Waals surface area contributed by atoms with Gasteiger partial charge in [-0.25, -0.2) is 12.8 Å². The number of aliphatic hydroxyl groups is 1. The Balaban J connectivity index is 1.18. The van der Waals surface area contributed by atoms with E-state index in [0.717, 1.165) is 52.6 Å². The molecule has 4 aromatic rings. The maximum Gasteiger partial charge on any atom is 0.416 e. The second-order valence-corrected chi connectivity index (χ2v) is 15.8. The van der Waals surface area contributed by atoms with Gasteiger partial charge in [0, 0.05) is 61.7 Å². The van der Waals surface area contributed by atoms with Crippen LogP contribution in [0.3, 0.4) is 0 Å². The third-order valence-electron chi connectivity index (χ3n) is 9.19. The number of amides is 1. The predicted molar refractivity (Wildman–Crippen MR) is 176 cm³/mol. The second kappa shape index (κ2) is 13.2. The van der Waals surface area contributed by atoms with Crippen molar-refractivity contribution in [2.75, 3.05) is 46.5 Å². The van der Waals surface area contributed by atoms with Gasteiger partial charge in [-0.05, 0) is 67.1 Å². The molecule has 9 nitrogen and oxygen atoms in total. The van der Waals surface area contributed by atoms with Crippen molar-refractivity contribution in [1.29, 1.82) is 0 Å². The molecule has 4 heterocycles. The van der Waals surface area contributed by atoms with Gasteiger partial charge in [0.1, 0.15) is 5.82 Å². The number of piperidine rings is 1. The molecule has 1 N–H and O–H groups in total. The number of likely N-dealkylation sites (tertiary alicyclic amines) is 1. The minimum atomic E-state index is -4.49. The van der Waals surface area contributed by atoms with E-state index >= 15 is 0 Å². The number of aromatic nitrogens is 2. The standard InChI is InChI=1S/C33H37F4N5O4S2/c1-39(2)32(44)31-29(25-9-8-23(34)16-28(25)47-31)20-10-13-40(14-11-20)17-24(43)18-42-27-12-15-41(48(3,45)46)19-26(27)30(38-42)21-4-6-22(7-5-21)33(35,36)37/h4-9,16,20,24,43H,10-15,17-19H2,1-3H3. The number of thiophene rings is 1. The summed E-state index contributed by atoms with van der Waals surface area (Å²) >= 11 is 1.31. The first-order valence-corrected chi connectivity index (χ1v) is 18.3. The number of hydrogen-bond donors (Lipinski definition) is 1. The first-order chi connectivity index (χ1) is 22.6. The maximum absolute atomic E-state index is 14.0. The van der Waals surface area contributed by atoms with Gasteiger partial charge < -0.3 is 14.9 Å². The first kappa shape index (κ1) is 34.5. The number of aliphatic hydroxyl groups excluding tert-OH is 1. The van der Waals surface area contributed by atoms with Crippen LogP contribution >= 0.6 is 11.3 Å². The fourth-order valence-corrected chi connectivity index (χ4v) is 8.89. The molecular weight excluding hydrogens is 671 g/mol. The minimum Gasteiger partial charge on any atom is -0.390 e. The van der Waals surface area contributed by atoms with Crippen molar-refractivity contribution in [1.82, 2.24) is 23.9 Å². The molecule has 1 atom stereocenters. The molecule has 2 aliphatic rings. The Bertz CT molecular complexity index is 1930. The summed E-state index contributed by atoms with van der Waals surface area (Å²) in [5.41, 5.74) is 2.35. The second-order valence-electron chi connectivity index (χ2n) is 12.8. The first-order valence-electron chi connectivity index (χ1n) is 15.7. The molecule has 6 rings (SSSR count). The largest absolute Gasteiger partial charge is 0.416 e. The summed E-state index contributed by atoms with van der Waals surface area (Å²) in [6, 6.07) is 9.26. The van der Waals surface area contributed by atoms with Crippen LogP contribution in [0, 0.1) is 5.82 Å². The van der Waals surface area contributed by atoms with Gasteiger partial charge in [-0.15, -0.1) is 11.3 Å². The van der Waals surface area contributed by atoms with Crippen LogP contribution in [-0.2, 0) is 35.7 Å². The number of hydrogen-bond acceptors (Lipinski definition) is 7. The van der Waals surface area contributed by atoms with E-state index in [1.807, 2.05) is 0 Å². The molecule has 0 bridgehead atoms. The van der Waals surface area contributed by atoms with E-state index in [4.69, 9.17) is 5.10 Å². The zero-order valence-electron chi connectivity index (χ0n) is 26.8. The van der Waals surface area contributed by atoms with Crippen molar-refractivity contribution in [3.63, 3.8) is 0 Å². The van der Waals surface area contributed by atoms with Crippen LogP contribution in [0.2, 0.25) is 0 Å². The quantitative estimate of drug-likeness (QED) is 0.254. The van der Waals surface area contributed by atoms with E-state index in [1.54, 1.807) is 24.8 Å². The third kappa shape index (κ3) is 7.01. The number of rotatable bonds is 8. The van der Waals surface area contributed by atoms with Crippen LogP contribution in [0.4, 0.5) is 17.6 Å². The highest BCUT2D eigenvalue weighted by Gasteiger charge is 2.34. The van der Waals surface area contributed by atoms with E-state index in [9.17, 15) is 35.9 Å². The minimum absolute atomic E-state index is 0.0380. The van der Waals surface area contributed by atoms with Gasteiger partial charge >= 0.3 is 6.18 Å². The number of sulfonamides is 1. The van der Waals surface area contributed by atoms with Crippen LogP contribution in [0.15, 0.2) is 42.5 Å². The third-order valence-corrected chi connectivity index (χ3v) is 11.6. The van der Waals surface area contributed by atoms with E-state index in [2.05, 4.69) is 4.90 Å². The van der Waals surface area contributed by atoms with Gasteiger partial charge in [-0.2, -0.15) is 22.6 Å². The fraction of sp³-hybridized carbons (Fsp3) is 0.455. The zero-order chi connectivity index (χ0) is 34.5. The average molecular weight is 708 g/mol. The number of fused-ring (bicyclic) bond motifs is 2. The SMILES string of the molecule is CN(C)C(=O)c1sc2cc(F)ccc2c1C1CCN(CC(O)Cn2nc(-c3ccc(C(F)(F)F)cc3)c3c2CCN(S(C)(=O)=O)C3)CC1. The Kier molecular flexibility index (Phi) is 9.45. The molecular formula is C33H37F4N5O4S2. The topological polar surface area (TPSA) is 99.0 Å². The average Bonchev–Trinajstić information content (AvgIpc) is 3.58. The van der Waals surface area contributed by atoms with Crippen LogP contribution in [0.5, 0.6) is 0 Å². The van der Waals surface area contributed by atoms with E-state index in [-0.39, 0.29) is 37.3 Å². The van der Waals surface area contributed by atoms with Gasteiger partial charge in [-0.1, -0.05) is 18.2 Å². The molecule has 1 saturated heterocycles. The highest BCUT2D eigenvalue weighted by Crippen LogP contribution is 2.41. The lowest BCUT2D eigenvalue weighted by Crippen LogP contribution is -2.40. The fourth-order valence-electron chi connectivity index (χ4n) is 6.77. The highest BCUT2D eigenvalue weighted by molar-refractivity contribution is 7.88. The van der Waals surface area contributed by atoms with Crippen molar-refractivity contribution >= 4 is 37.4 Å². The summed E-state index contributed by atoms with van der Waals surface area (Å²) in [5, 5.41) is 16.8. The molecule has 1 unspecified atom stereocenters. The van der Waals surface area contributed by atoms with E-state index in [1.165, 1.54) is 44.8 Å². The Hall–Kier alpha value is -3.37. The zero-order valence-corrected chi connectivity index (χ0v) is 28.4. The van der Waals surface area contributed by atoms with Crippen molar-refractivity contribution < 1.29 is 35.9 Å². The van der Waals surface area contributed by atoms with Crippen LogP contribution < -0.4 is 0 Å². The summed E-state index contributed by atoms with van der Waals surface area (Å²) in [6.07, 6.45) is -2.35. The Morgan fingerprint density at radius 3 is 2.40 bits per heavy atom. The van der Waals surface area contributed by atoms with Crippen LogP contribution in [-0.4, -0.2) is 96.0 Å². The number of alkyl halides is 3. The molecule has 258 valence electrons. The van der Waals surface area contributed by atoms with Gasteiger partial charge in [0.05, 0.1) is 35.0 Å². The smallest absolute Gasteiger partial charge is 0.390 e. The Labute approximate surface area is 280 Å². The normalized spacial score (nSPS) is 17.5. The summed E-state index contributed by atoms with van der Waals surface area (Å²) < 4.78 is 82.1. The molecule has 1 fully saturated rings. The molecule has 0 spiro atoms. The number of nitrogens with zero attached hydrogens (tertiary/aromatic N) is 5. The molecule has 2 aliphatic heterocycles. The highest BCUT2D eigenvalue weighted by atomic mass is 32.2. The molecule has 0 saturated carbocycles. The summed E-state index contributed by atoms with van der Waals surface area (Å²) in [6.45, 7) is 2.10. The molecule has 15 heteroatoms. The van der Waals surface area contributed by atoms with Gasteiger partial charge in [0.15, 0.2) is 0 Å². The summed E-state index contributed by atoms with van der Waals surface area (Å²) in [7, 11) is -0.118. The van der Waals surface area contributed by atoms with E-state index in [0.29, 0.717) is 47.8 Å². The van der Waals surface area contributed by atoms with E-state index < -0.39 is 27.9 Å². The number of β-amino-alcohol motifs (C(OH)–C–C–N with tert-alkyl or cyclic N) is 1. The van der Waals surface area contributed by atoms with Gasteiger partial charge in [-0.3, -0.25) is 9.48 Å². The maximum atomic E-state index is 14.0. The van der Waals surface area contributed by atoms with Crippen molar-refractivity contribution in [2.45, 2.75) is 50.6 Å². The molecule has 48 heavy (non-hydrogen) atoms. The van der Waals surface area contributed by atoms with Gasteiger partial charge in [0.2, 0.25) is 10.0 Å². The monoisotopic (exact) mass is 707 g/mol. The number of carbonyl (C=O) groups is 1. The number of carbonyl (C=O) groups excluding carboxylic acids is 1. The molecule has 1 amide bonds. The number of benzene rings is 2. The van der Waals surface area contributed by atoms with Crippen molar-refractivity contribution in [3.8, 4) is 11.3 Å². The lowest BCUT2D eigenvalue weighted by Gasteiger charge is -2.34. The predicted octanol–water partition coefficient (Wildman–Crippen LogP) is 5.18. The van der Waals surface area contributed by atoms with Crippen LogP contribution in [0.1, 0.15) is 50.8 Å².